The van der Waals surface area contributed by atoms with E-state index >= 15 is 0 Å². The second-order valence-electron chi connectivity index (χ2n) is 3.10. The minimum absolute atomic E-state index is 0.112. The summed E-state index contributed by atoms with van der Waals surface area (Å²) in [5, 5.41) is 0. The molecule has 0 rings (SSSR count). The van der Waals surface area contributed by atoms with Gasteiger partial charge in [0.25, 0.3) is 0 Å². The predicted molar refractivity (Wildman–Crippen MR) is 63.9 cm³/mol. The van der Waals surface area contributed by atoms with Crippen molar-refractivity contribution < 1.29 is 22.1 Å². The lowest BCUT2D eigenvalue weighted by molar-refractivity contribution is 0.0564. The fourth-order valence-electron chi connectivity index (χ4n) is 1.30. The third kappa shape index (κ3) is 6.90. The molecule has 0 amide bonds. The maximum absolute atomic E-state index is 12.7. The smallest absolute Gasteiger partial charge is 0.374 e. The van der Waals surface area contributed by atoms with Gasteiger partial charge >= 0.3 is 13.6 Å². The van der Waals surface area contributed by atoms with Gasteiger partial charge in [-0.05, 0) is 36.7 Å². The Morgan fingerprint density at radius 2 is 1.38 bits per heavy atom. The summed E-state index contributed by atoms with van der Waals surface area (Å²) >= 11 is 2.31. The summed E-state index contributed by atoms with van der Waals surface area (Å²) in [4.78, 5) is -2.89. The molecule has 7 heteroatoms. The standard InChI is InChI=1S/C9H19BrF2O3Si/c1-4-13-16(14-5-2,15-6-3)8-7-9(10,11)12/h4-8H2,1-3H3. The summed E-state index contributed by atoms with van der Waals surface area (Å²) in [6.07, 6.45) is -0.348. The van der Waals surface area contributed by atoms with E-state index < -0.39 is 13.6 Å². The molecule has 0 aliphatic heterocycles. The van der Waals surface area contributed by atoms with Gasteiger partial charge in [0, 0.05) is 32.3 Å². The Morgan fingerprint density at radius 1 is 1.00 bits per heavy atom. The molecule has 0 aromatic carbocycles. The highest BCUT2D eigenvalue weighted by molar-refractivity contribution is 9.10. The molecule has 0 fully saturated rings. The first-order valence-corrected chi connectivity index (χ1v) is 8.10. The molecule has 0 radical (unpaired) electrons. The average molecular weight is 321 g/mol. The van der Waals surface area contributed by atoms with E-state index in [0.717, 1.165) is 0 Å². The monoisotopic (exact) mass is 320 g/mol. The van der Waals surface area contributed by atoms with E-state index in [0.29, 0.717) is 19.8 Å². The van der Waals surface area contributed by atoms with Crippen LogP contribution in [0.4, 0.5) is 8.78 Å². The Labute approximate surface area is 105 Å². The van der Waals surface area contributed by atoms with Crippen molar-refractivity contribution in [3.63, 3.8) is 0 Å². The predicted octanol–water partition coefficient (Wildman–Crippen LogP) is 3.41. The van der Waals surface area contributed by atoms with Crippen LogP contribution >= 0.6 is 15.9 Å². The molecule has 3 nitrogen and oxygen atoms in total. The molecule has 0 bridgehead atoms. The zero-order valence-corrected chi connectivity index (χ0v) is 12.5. The molecule has 0 saturated carbocycles. The van der Waals surface area contributed by atoms with E-state index in [9.17, 15) is 8.78 Å². The van der Waals surface area contributed by atoms with Gasteiger partial charge in [-0.3, -0.25) is 0 Å². The van der Waals surface area contributed by atoms with Gasteiger partial charge in [-0.1, -0.05) is 0 Å². The molecule has 0 aromatic heterocycles. The molecular weight excluding hydrogens is 302 g/mol. The number of rotatable bonds is 9. The molecule has 0 aromatic rings. The minimum atomic E-state index is -2.92. The summed E-state index contributed by atoms with van der Waals surface area (Å²) in [6, 6.07) is 0.112. The Balaban J connectivity index is 4.46. The number of halogens is 3. The van der Waals surface area contributed by atoms with Gasteiger partial charge in [0.1, 0.15) is 0 Å². The van der Waals surface area contributed by atoms with Crippen LogP contribution in [0.3, 0.4) is 0 Å². The van der Waals surface area contributed by atoms with Crippen LogP contribution in [0.2, 0.25) is 6.04 Å². The van der Waals surface area contributed by atoms with Gasteiger partial charge in [0.05, 0.1) is 0 Å². The second-order valence-corrected chi connectivity index (χ2v) is 6.99. The van der Waals surface area contributed by atoms with Crippen molar-refractivity contribution in [3.05, 3.63) is 0 Å². The van der Waals surface area contributed by atoms with Gasteiger partial charge < -0.3 is 13.3 Å². The van der Waals surface area contributed by atoms with E-state index in [1.54, 1.807) is 20.8 Å². The molecule has 0 N–H and O–H groups in total. The van der Waals surface area contributed by atoms with Gasteiger partial charge in [0.15, 0.2) is 0 Å². The van der Waals surface area contributed by atoms with E-state index in [4.69, 9.17) is 13.3 Å². The van der Waals surface area contributed by atoms with E-state index in [-0.39, 0.29) is 12.5 Å². The van der Waals surface area contributed by atoms with Crippen molar-refractivity contribution in [2.75, 3.05) is 19.8 Å². The van der Waals surface area contributed by atoms with Gasteiger partial charge in [0.2, 0.25) is 0 Å². The number of hydrogen-bond donors (Lipinski definition) is 0. The SMILES string of the molecule is CCO[Si](CCC(F)(F)Br)(OCC)OCC. The van der Waals surface area contributed by atoms with Crippen LogP contribution in [0.5, 0.6) is 0 Å². The fourth-order valence-corrected chi connectivity index (χ4v) is 4.48. The van der Waals surface area contributed by atoms with Crippen molar-refractivity contribution >= 4 is 24.7 Å². The topological polar surface area (TPSA) is 27.7 Å². The van der Waals surface area contributed by atoms with E-state index in [1.165, 1.54) is 0 Å². The van der Waals surface area contributed by atoms with Gasteiger partial charge in [-0.25, -0.2) is 0 Å². The third-order valence-electron chi connectivity index (χ3n) is 1.81. The lowest BCUT2D eigenvalue weighted by Gasteiger charge is -2.29. The Bertz CT molecular complexity index is 173. The maximum atomic E-state index is 12.7. The fraction of sp³-hybridized carbons (Fsp3) is 1.00. The van der Waals surface area contributed by atoms with Gasteiger partial charge in [-0.15, -0.1) is 0 Å². The van der Waals surface area contributed by atoms with Crippen LogP contribution in [-0.2, 0) is 13.3 Å². The molecular formula is C9H19BrF2O3Si. The van der Waals surface area contributed by atoms with Crippen molar-refractivity contribution in [3.8, 4) is 0 Å². The summed E-state index contributed by atoms with van der Waals surface area (Å²) in [7, 11) is -2.92. The number of alkyl halides is 3. The minimum Gasteiger partial charge on any atom is -0.374 e. The summed E-state index contributed by atoms with van der Waals surface area (Å²) < 4.78 is 41.8. The van der Waals surface area contributed by atoms with Crippen LogP contribution in [0, 0.1) is 0 Å². The molecule has 0 saturated heterocycles. The molecule has 16 heavy (non-hydrogen) atoms. The van der Waals surface area contributed by atoms with Crippen LogP contribution in [0.1, 0.15) is 27.2 Å². The maximum Gasteiger partial charge on any atom is 0.501 e. The normalized spacial score (nSPS) is 13.1. The molecule has 0 aliphatic rings. The van der Waals surface area contributed by atoms with E-state index in [2.05, 4.69) is 15.9 Å². The Morgan fingerprint density at radius 3 is 1.62 bits per heavy atom. The first-order valence-electron chi connectivity index (χ1n) is 5.37. The summed E-state index contributed by atoms with van der Waals surface area (Å²) in [5.41, 5.74) is 0. The molecule has 0 aliphatic carbocycles. The lowest BCUT2D eigenvalue weighted by Crippen LogP contribution is -2.46. The highest BCUT2D eigenvalue weighted by atomic mass is 79.9. The molecule has 0 atom stereocenters. The van der Waals surface area contributed by atoms with Crippen LogP contribution < -0.4 is 0 Å². The average Bonchev–Trinajstić information content (AvgIpc) is 2.15. The first-order chi connectivity index (χ1) is 7.39. The van der Waals surface area contributed by atoms with E-state index in [1.807, 2.05) is 0 Å². The third-order valence-corrected chi connectivity index (χ3v) is 5.25. The summed E-state index contributed by atoms with van der Waals surface area (Å²) in [5.74, 6) is 0. The van der Waals surface area contributed by atoms with Crippen molar-refractivity contribution in [1.82, 2.24) is 0 Å². The number of hydrogen-bond acceptors (Lipinski definition) is 3. The molecule has 0 unspecified atom stereocenters. The lowest BCUT2D eigenvalue weighted by atomic mass is 10.5. The summed E-state index contributed by atoms with van der Waals surface area (Å²) in [6.45, 7) is 6.60. The van der Waals surface area contributed by atoms with Crippen LogP contribution in [0.25, 0.3) is 0 Å². The largest absolute Gasteiger partial charge is 0.501 e. The van der Waals surface area contributed by atoms with Crippen molar-refractivity contribution in [2.45, 2.75) is 38.1 Å². The molecule has 0 heterocycles. The van der Waals surface area contributed by atoms with Crippen molar-refractivity contribution in [1.29, 1.82) is 0 Å². The van der Waals surface area contributed by atoms with Crippen molar-refractivity contribution in [2.24, 2.45) is 0 Å². The Hall–Kier alpha value is 0.437. The highest BCUT2D eigenvalue weighted by Gasteiger charge is 2.43. The zero-order valence-electron chi connectivity index (χ0n) is 9.89. The second kappa shape index (κ2) is 7.70. The quantitative estimate of drug-likeness (QED) is 0.481. The van der Waals surface area contributed by atoms with Crippen LogP contribution in [0.15, 0.2) is 0 Å². The van der Waals surface area contributed by atoms with Crippen LogP contribution in [-0.4, -0.2) is 33.5 Å². The zero-order chi connectivity index (χ0) is 12.7. The highest BCUT2D eigenvalue weighted by Crippen LogP contribution is 2.31. The molecule has 98 valence electrons. The first kappa shape index (κ1) is 16.4. The molecule has 0 spiro atoms. The Kier molecular flexibility index (Phi) is 7.91. The van der Waals surface area contributed by atoms with Gasteiger partial charge in [-0.2, -0.15) is 8.78 Å².